The zero-order valence-electron chi connectivity index (χ0n) is 20.5. The molecule has 0 radical (unpaired) electrons. The van der Waals surface area contributed by atoms with E-state index in [1.54, 1.807) is 76.3 Å². The number of allylic oxidation sites excluding steroid dienone is 3. The molecular formula is C25H32N4O5. The number of pyridine rings is 2. The average molecular weight is 469 g/mol. The summed E-state index contributed by atoms with van der Waals surface area (Å²) in [5.41, 5.74) is 2.44. The Morgan fingerprint density at radius 3 is 2.56 bits per heavy atom. The zero-order chi connectivity index (χ0) is 25.3. The van der Waals surface area contributed by atoms with Crippen LogP contribution in [0.5, 0.6) is 0 Å². The first-order valence-electron chi connectivity index (χ1n) is 10.6. The minimum absolute atomic E-state index is 0.154. The van der Waals surface area contributed by atoms with Gasteiger partial charge in [0.15, 0.2) is 22.7 Å². The lowest BCUT2D eigenvalue weighted by molar-refractivity contribution is -0.114. The molecule has 3 heterocycles. The average Bonchev–Trinajstić information content (AvgIpc) is 3.30. The maximum atomic E-state index is 11.0. The van der Waals surface area contributed by atoms with Crippen molar-refractivity contribution in [3.05, 3.63) is 73.1 Å². The number of methoxy groups -OCH3 is 3. The molecule has 9 nitrogen and oxygen atoms in total. The van der Waals surface area contributed by atoms with Crippen LogP contribution in [-0.4, -0.2) is 48.8 Å². The smallest absolute Gasteiger partial charge is 0.230 e. The predicted octanol–water partition coefficient (Wildman–Crippen LogP) is 5.15. The number of amides is 1. The maximum absolute atomic E-state index is 11.0. The van der Waals surface area contributed by atoms with Gasteiger partial charge in [0, 0.05) is 26.4 Å². The fraction of sp³-hybridized carbons (Fsp3) is 0.280. The molecule has 0 aliphatic carbocycles. The van der Waals surface area contributed by atoms with E-state index in [0.717, 1.165) is 0 Å². The fourth-order valence-corrected chi connectivity index (χ4v) is 2.51. The Labute approximate surface area is 200 Å². The molecule has 0 spiro atoms. The summed E-state index contributed by atoms with van der Waals surface area (Å²) in [6, 6.07) is 5.33. The van der Waals surface area contributed by atoms with Gasteiger partial charge in [-0.3, -0.25) is 9.78 Å². The predicted molar refractivity (Wildman–Crippen MR) is 133 cm³/mol. The van der Waals surface area contributed by atoms with Gasteiger partial charge in [-0.25, -0.2) is 4.98 Å². The van der Waals surface area contributed by atoms with Gasteiger partial charge in [0.25, 0.3) is 0 Å². The largest absolute Gasteiger partial charge is 0.495 e. The molecule has 0 saturated carbocycles. The summed E-state index contributed by atoms with van der Waals surface area (Å²) in [5, 5.41) is 2.66. The molecule has 0 atom stereocenters. The highest BCUT2D eigenvalue weighted by Gasteiger charge is 2.10. The minimum Gasteiger partial charge on any atom is -0.495 e. The first kappa shape index (κ1) is 28.1. The van der Waals surface area contributed by atoms with Gasteiger partial charge in [-0.2, -0.15) is 4.98 Å². The van der Waals surface area contributed by atoms with E-state index in [9.17, 15) is 4.79 Å². The van der Waals surface area contributed by atoms with Crippen molar-refractivity contribution in [1.29, 1.82) is 0 Å². The van der Waals surface area contributed by atoms with Crippen LogP contribution in [0.3, 0.4) is 0 Å². The third-order valence-electron chi connectivity index (χ3n) is 3.87. The zero-order valence-corrected chi connectivity index (χ0v) is 20.5. The Hall–Kier alpha value is -3.98. The number of rotatable bonds is 8. The molecule has 9 heteroatoms. The molecular weight excluding hydrogens is 436 g/mol. The topological polar surface area (TPSA) is 109 Å². The number of hydrogen-bond donors (Lipinski definition) is 1. The summed E-state index contributed by atoms with van der Waals surface area (Å²) in [7, 11) is 4.76. The van der Waals surface area contributed by atoms with E-state index < -0.39 is 0 Å². The van der Waals surface area contributed by atoms with Crippen molar-refractivity contribution in [3.63, 3.8) is 0 Å². The van der Waals surface area contributed by atoms with Gasteiger partial charge in [0.2, 0.25) is 11.8 Å². The van der Waals surface area contributed by atoms with Crippen LogP contribution in [0.4, 0.5) is 5.69 Å². The van der Waals surface area contributed by atoms with Crippen molar-refractivity contribution in [3.8, 4) is 11.5 Å². The van der Waals surface area contributed by atoms with Gasteiger partial charge < -0.3 is 23.9 Å². The van der Waals surface area contributed by atoms with E-state index in [1.165, 1.54) is 6.92 Å². The number of carbonyl (C=O) groups is 1. The summed E-state index contributed by atoms with van der Waals surface area (Å²) in [6.45, 7) is 9.39. The second kappa shape index (κ2) is 15.8. The molecule has 3 aromatic heterocycles. The standard InChI is InChI=1S/C13H10N4O2.C10H16O3.C2H6/c1-8(18)16-10-5-9(6-14-7-10)13-17-12-11(19-13)3-2-4-15-12;1-5-6-7-9(12-3)10(13-4)8-11-2;1-2/h2-7H,1H3,(H,16,18);5-7H,1,8H2,2-4H3;1-2H3/b;7-6-,10-9-;. The van der Waals surface area contributed by atoms with E-state index in [-0.39, 0.29) is 5.91 Å². The van der Waals surface area contributed by atoms with Crippen molar-refractivity contribution < 1.29 is 23.4 Å². The second-order valence-electron chi connectivity index (χ2n) is 6.21. The highest BCUT2D eigenvalue weighted by Crippen LogP contribution is 2.24. The summed E-state index contributed by atoms with van der Waals surface area (Å²) < 4.78 is 20.7. The highest BCUT2D eigenvalue weighted by atomic mass is 16.5. The summed E-state index contributed by atoms with van der Waals surface area (Å²) in [4.78, 5) is 23.4. The Bertz CT molecular complexity index is 1070. The van der Waals surface area contributed by atoms with Gasteiger partial charge in [-0.1, -0.05) is 32.6 Å². The number of oxazole rings is 1. The van der Waals surface area contributed by atoms with Crippen LogP contribution in [0, 0.1) is 0 Å². The van der Waals surface area contributed by atoms with Crippen molar-refractivity contribution in [1.82, 2.24) is 15.0 Å². The van der Waals surface area contributed by atoms with Crippen LogP contribution in [0.2, 0.25) is 0 Å². The lowest BCUT2D eigenvalue weighted by Crippen LogP contribution is -2.05. The number of hydrogen-bond acceptors (Lipinski definition) is 8. The molecule has 0 bridgehead atoms. The minimum atomic E-state index is -0.154. The molecule has 34 heavy (non-hydrogen) atoms. The first-order chi connectivity index (χ1) is 16.5. The molecule has 0 aliphatic rings. The Morgan fingerprint density at radius 2 is 1.97 bits per heavy atom. The SMILES string of the molecule is C=C/C=C\C(OC)=C(/COC)OC.CC.CC(=O)Nc1cncc(-c2nc3ncccc3o2)c1. The highest BCUT2D eigenvalue weighted by molar-refractivity contribution is 5.89. The molecule has 182 valence electrons. The van der Waals surface area contributed by atoms with Crippen LogP contribution < -0.4 is 5.32 Å². The van der Waals surface area contributed by atoms with Gasteiger partial charge in [0.05, 0.1) is 31.7 Å². The summed E-state index contributed by atoms with van der Waals surface area (Å²) in [5.74, 6) is 1.57. The van der Waals surface area contributed by atoms with Crippen molar-refractivity contribution in [2.75, 3.05) is 33.3 Å². The van der Waals surface area contributed by atoms with Gasteiger partial charge in [-0.15, -0.1) is 0 Å². The van der Waals surface area contributed by atoms with Crippen molar-refractivity contribution >= 4 is 22.8 Å². The lowest BCUT2D eigenvalue weighted by Gasteiger charge is -2.08. The molecule has 0 aromatic carbocycles. The summed E-state index contributed by atoms with van der Waals surface area (Å²) >= 11 is 0. The van der Waals surface area contributed by atoms with Gasteiger partial charge in [-0.05, 0) is 24.3 Å². The van der Waals surface area contributed by atoms with E-state index in [4.69, 9.17) is 18.6 Å². The Morgan fingerprint density at radius 1 is 1.21 bits per heavy atom. The number of anilines is 1. The maximum Gasteiger partial charge on any atom is 0.230 e. The third kappa shape index (κ3) is 8.87. The van der Waals surface area contributed by atoms with Gasteiger partial charge >= 0.3 is 0 Å². The number of nitrogens with zero attached hydrogens (tertiary/aromatic N) is 3. The molecule has 0 saturated heterocycles. The fourth-order valence-electron chi connectivity index (χ4n) is 2.51. The number of ether oxygens (including phenoxy) is 3. The normalized spacial score (nSPS) is 10.9. The van der Waals surface area contributed by atoms with E-state index >= 15 is 0 Å². The summed E-state index contributed by atoms with van der Waals surface area (Å²) in [6.07, 6.45) is 10.0. The van der Waals surface area contributed by atoms with Crippen molar-refractivity contribution in [2.24, 2.45) is 0 Å². The number of carbonyl (C=O) groups excluding carboxylic acids is 1. The lowest BCUT2D eigenvalue weighted by atomic mass is 10.2. The molecule has 1 amide bonds. The monoisotopic (exact) mass is 468 g/mol. The van der Waals surface area contributed by atoms with Gasteiger partial charge in [0.1, 0.15) is 6.61 Å². The molecule has 0 aliphatic heterocycles. The molecule has 0 fully saturated rings. The van der Waals surface area contributed by atoms with E-state index in [2.05, 4.69) is 26.8 Å². The van der Waals surface area contributed by atoms with Crippen molar-refractivity contribution in [2.45, 2.75) is 20.8 Å². The van der Waals surface area contributed by atoms with Crippen LogP contribution in [0.15, 0.2) is 77.5 Å². The van der Waals surface area contributed by atoms with Crippen LogP contribution in [-0.2, 0) is 19.0 Å². The third-order valence-corrected chi connectivity index (χ3v) is 3.87. The molecule has 1 N–H and O–H groups in total. The molecule has 0 unspecified atom stereocenters. The second-order valence-corrected chi connectivity index (χ2v) is 6.21. The first-order valence-corrected chi connectivity index (χ1v) is 10.6. The number of aromatic nitrogens is 3. The Kier molecular flexibility index (Phi) is 13.0. The van der Waals surface area contributed by atoms with Crippen LogP contribution in [0.1, 0.15) is 20.8 Å². The quantitative estimate of drug-likeness (QED) is 0.357. The van der Waals surface area contributed by atoms with Crippen LogP contribution in [0.25, 0.3) is 22.7 Å². The number of fused-ring (bicyclic) bond motifs is 1. The van der Waals surface area contributed by atoms with Crippen LogP contribution >= 0.6 is 0 Å². The number of nitrogens with one attached hydrogen (secondary N) is 1. The molecule has 3 rings (SSSR count). The van der Waals surface area contributed by atoms with E-state index in [1.807, 2.05) is 13.8 Å². The molecule has 3 aromatic rings. The Balaban J connectivity index is 0.000000340. The van der Waals surface area contributed by atoms with E-state index in [0.29, 0.717) is 46.5 Å².